The Morgan fingerprint density at radius 3 is 2.88 bits per heavy atom. The number of furan rings is 1. The molecular weight excluding hydrogens is 310 g/mol. The fourth-order valence-corrected chi connectivity index (χ4v) is 3.24. The van der Waals surface area contributed by atoms with Crippen molar-refractivity contribution >= 4 is 11.9 Å². The summed E-state index contributed by atoms with van der Waals surface area (Å²) < 4.78 is 6.88. The highest BCUT2D eigenvalue weighted by Crippen LogP contribution is 2.27. The molecule has 2 aromatic heterocycles. The Bertz CT molecular complexity index is 762. The number of carbonyl (C=O) groups excluding carboxylic acids is 1. The third kappa shape index (κ3) is 3.34. The molecule has 1 fully saturated rings. The van der Waals surface area contributed by atoms with Crippen LogP contribution in [0.25, 0.3) is 0 Å². The van der Waals surface area contributed by atoms with Gasteiger partial charge in [0.25, 0.3) is 5.91 Å². The molecular formula is C17H21N3O4. The molecule has 0 saturated carbocycles. The number of rotatable bonds is 4. The van der Waals surface area contributed by atoms with Gasteiger partial charge in [-0.05, 0) is 38.8 Å². The Labute approximate surface area is 139 Å². The first-order valence-electron chi connectivity index (χ1n) is 8.05. The molecule has 1 aliphatic rings. The predicted octanol–water partition coefficient (Wildman–Crippen LogP) is 2.20. The second kappa shape index (κ2) is 6.51. The van der Waals surface area contributed by atoms with Gasteiger partial charge in [0.05, 0.1) is 11.3 Å². The van der Waals surface area contributed by atoms with Crippen LogP contribution in [0.1, 0.15) is 46.3 Å². The lowest BCUT2D eigenvalue weighted by Crippen LogP contribution is -2.39. The van der Waals surface area contributed by atoms with E-state index in [4.69, 9.17) is 9.52 Å². The van der Waals surface area contributed by atoms with Crippen molar-refractivity contribution in [1.29, 1.82) is 0 Å². The van der Waals surface area contributed by atoms with Crippen molar-refractivity contribution in [2.24, 2.45) is 0 Å². The number of carboxylic acids is 1. The summed E-state index contributed by atoms with van der Waals surface area (Å²) in [4.78, 5) is 25.3. The number of aromatic nitrogens is 2. The van der Waals surface area contributed by atoms with Crippen LogP contribution >= 0.6 is 0 Å². The maximum Gasteiger partial charge on any atom is 0.325 e. The SMILES string of the molecule is Cc1cc(C(=O)N2CCC[C@H](c3ccn(CC(=O)O)n3)C2)c(C)o1. The highest BCUT2D eigenvalue weighted by Gasteiger charge is 2.28. The molecule has 2 aromatic rings. The highest BCUT2D eigenvalue weighted by molar-refractivity contribution is 5.95. The third-order valence-electron chi connectivity index (χ3n) is 4.36. The topological polar surface area (TPSA) is 88.6 Å². The number of likely N-dealkylation sites (tertiary alicyclic amines) is 1. The lowest BCUT2D eigenvalue weighted by atomic mass is 9.94. The first-order valence-corrected chi connectivity index (χ1v) is 8.05. The van der Waals surface area contributed by atoms with E-state index < -0.39 is 5.97 Å². The molecule has 1 saturated heterocycles. The van der Waals surface area contributed by atoms with Crippen LogP contribution in [0.5, 0.6) is 0 Å². The zero-order chi connectivity index (χ0) is 17.3. The van der Waals surface area contributed by atoms with E-state index in [0.29, 0.717) is 17.9 Å². The van der Waals surface area contributed by atoms with Crippen LogP contribution in [-0.4, -0.2) is 44.8 Å². The molecule has 24 heavy (non-hydrogen) atoms. The molecule has 7 nitrogen and oxygen atoms in total. The van der Waals surface area contributed by atoms with Crippen molar-refractivity contribution in [3.05, 3.63) is 41.1 Å². The quantitative estimate of drug-likeness (QED) is 0.928. The maximum absolute atomic E-state index is 12.7. The van der Waals surface area contributed by atoms with E-state index in [2.05, 4.69) is 5.10 Å². The highest BCUT2D eigenvalue weighted by atomic mass is 16.4. The molecule has 7 heteroatoms. The smallest absolute Gasteiger partial charge is 0.325 e. The summed E-state index contributed by atoms with van der Waals surface area (Å²) in [6.45, 7) is 4.79. The van der Waals surface area contributed by atoms with Crippen molar-refractivity contribution in [3.8, 4) is 0 Å². The molecule has 1 N–H and O–H groups in total. The van der Waals surface area contributed by atoms with Crippen LogP contribution in [0.15, 0.2) is 22.7 Å². The zero-order valence-electron chi connectivity index (χ0n) is 13.9. The van der Waals surface area contributed by atoms with Gasteiger partial charge in [0.15, 0.2) is 0 Å². The average molecular weight is 331 g/mol. The fraction of sp³-hybridized carbons (Fsp3) is 0.471. The van der Waals surface area contributed by atoms with E-state index >= 15 is 0 Å². The molecule has 0 unspecified atom stereocenters. The summed E-state index contributed by atoms with van der Waals surface area (Å²) in [7, 11) is 0. The van der Waals surface area contributed by atoms with Crippen molar-refractivity contribution in [2.75, 3.05) is 13.1 Å². The minimum Gasteiger partial charge on any atom is -0.480 e. The van der Waals surface area contributed by atoms with Crippen molar-refractivity contribution in [2.45, 2.75) is 39.2 Å². The molecule has 0 radical (unpaired) electrons. The Morgan fingerprint density at radius 1 is 1.42 bits per heavy atom. The normalized spacial score (nSPS) is 17.9. The van der Waals surface area contributed by atoms with Crippen LogP contribution < -0.4 is 0 Å². The Kier molecular flexibility index (Phi) is 4.42. The number of nitrogens with zero attached hydrogens (tertiary/aromatic N) is 3. The summed E-state index contributed by atoms with van der Waals surface area (Å²) in [6.07, 6.45) is 3.52. The van der Waals surface area contributed by atoms with E-state index in [0.717, 1.165) is 30.8 Å². The number of aryl methyl sites for hydroxylation is 2. The van der Waals surface area contributed by atoms with Gasteiger partial charge in [0.1, 0.15) is 18.1 Å². The Balaban J connectivity index is 1.72. The van der Waals surface area contributed by atoms with Crippen LogP contribution in [0.4, 0.5) is 0 Å². The van der Waals surface area contributed by atoms with Gasteiger partial charge < -0.3 is 14.4 Å². The second-order valence-electron chi connectivity index (χ2n) is 6.25. The van der Waals surface area contributed by atoms with Gasteiger partial charge in [0.2, 0.25) is 0 Å². The first-order chi connectivity index (χ1) is 11.4. The predicted molar refractivity (Wildman–Crippen MR) is 85.9 cm³/mol. The third-order valence-corrected chi connectivity index (χ3v) is 4.36. The summed E-state index contributed by atoms with van der Waals surface area (Å²) in [6, 6.07) is 3.62. The monoisotopic (exact) mass is 331 g/mol. The minimum absolute atomic E-state index is 0.0148. The molecule has 3 rings (SSSR count). The molecule has 128 valence electrons. The van der Waals surface area contributed by atoms with Gasteiger partial charge in [-0.15, -0.1) is 0 Å². The molecule has 1 amide bonds. The van der Waals surface area contributed by atoms with E-state index in [1.165, 1.54) is 4.68 Å². The molecule has 0 spiro atoms. The van der Waals surface area contributed by atoms with E-state index in [1.807, 2.05) is 17.9 Å². The van der Waals surface area contributed by atoms with Gasteiger partial charge in [-0.25, -0.2) is 0 Å². The molecule has 0 aromatic carbocycles. The van der Waals surface area contributed by atoms with Gasteiger partial charge in [-0.1, -0.05) is 0 Å². The van der Waals surface area contributed by atoms with Gasteiger partial charge in [0, 0.05) is 25.2 Å². The zero-order valence-corrected chi connectivity index (χ0v) is 13.9. The van der Waals surface area contributed by atoms with Crippen LogP contribution in [0, 0.1) is 13.8 Å². The van der Waals surface area contributed by atoms with E-state index in [1.54, 1.807) is 19.2 Å². The van der Waals surface area contributed by atoms with Crippen LogP contribution in [-0.2, 0) is 11.3 Å². The minimum atomic E-state index is -0.920. The molecule has 3 heterocycles. The van der Waals surface area contributed by atoms with Crippen molar-refractivity contribution < 1.29 is 19.1 Å². The first kappa shape index (κ1) is 16.3. The number of amides is 1. The molecule has 1 aliphatic heterocycles. The second-order valence-corrected chi connectivity index (χ2v) is 6.25. The number of piperidine rings is 1. The number of carboxylic acid groups (broad SMARTS) is 1. The molecule has 0 aliphatic carbocycles. The lowest BCUT2D eigenvalue weighted by Gasteiger charge is -2.32. The summed E-state index contributed by atoms with van der Waals surface area (Å²) >= 11 is 0. The van der Waals surface area contributed by atoms with Gasteiger partial charge in [-0.3, -0.25) is 14.3 Å². The van der Waals surface area contributed by atoms with Gasteiger partial charge in [-0.2, -0.15) is 5.10 Å². The summed E-state index contributed by atoms with van der Waals surface area (Å²) in [5.41, 5.74) is 1.46. The summed E-state index contributed by atoms with van der Waals surface area (Å²) in [5.74, 6) is 0.572. The maximum atomic E-state index is 12.7. The summed E-state index contributed by atoms with van der Waals surface area (Å²) in [5, 5.41) is 13.2. The van der Waals surface area contributed by atoms with Crippen LogP contribution in [0.2, 0.25) is 0 Å². The number of carbonyl (C=O) groups is 2. The van der Waals surface area contributed by atoms with Gasteiger partial charge >= 0.3 is 5.97 Å². The van der Waals surface area contributed by atoms with E-state index in [9.17, 15) is 9.59 Å². The average Bonchev–Trinajstić information content (AvgIpc) is 3.12. The van der Waals surface area contributed by atoms with Crippen molar-refractivity contribution in [3.63, 3.8) is 0 Å². The largest absolute Gasteiger partial charge is 0.480 e. The van der Waals surface area contributed by atoms with Crippen molar-refractivity contribution in [1.82, 2.24) is 14.7 Å². The Morgan fingerprint density at radius 2 is 2.21 bits per heavy atom. The Hall–Kier alpha value is -2.57. The molecule has 1 atom stereocenters. The number of hydrogen-bond acceptors (Lipinski definition) is 4. The van der Waals surface area contributed by atoms with Crippen LogP contribution in [0.3, 0.4) is 0 Å². The van der Waals surface area contributed by atoms with E-state index in [-0.39, 0.29) is 18.4 Å². The standard InChI is InChI=1S/C17H21N3O4/c1-11-8-14(12(2)24-11)17(23)19-6-3-4-13(9-19)15-5-7-20(18-15)10-16(21)22/h5,7-8,13H,3-4,6,9-10H2,1-2H3,(H,21,22)/t13-/m0/s1. The number of aliphatic carboxylic acids is 1. The molecule has 0 bridgehead atoms. The number of hydrogen-bond donors (Lipinski definition) is 1. The fourth-order valence-electron chi connectivity index (χ4n) is 3.24. The lowest BCUT2D eigenvalue weighted by molar-refractivity contribution is -0.137.